The van der Waals surface area contributed by atoms with Crippen molar-refractivity contribution in [2.45, 2.75) is 6.54 Å². The van der Waals surface area contributed by atoms with Crippen LogP contribution in [0, 0.1) is 0 Å². The van der Waals surface area contributed by atoms with Crippen LogP contribution in [0.5, 0.6) is 0 Å². The van der Waals surface area contributed by atoms with Crippen LogP contribution < -0.4 is 10.9 Å². The highest BCUT2D eigenvalue weighted by molar-refractivity contribution is 6.33. The second-order valence-corrected chi connectivity index (χ2v) is 6.82. The zero-order chi connectivity index (χ0) is 21.1. The molecule has 0 radical (unpaired) electrons. The molecule has 0 aliphatic carbocycles. The van der Waals surface area contributed by atoms with Crippen LogP contribution in [0.4, 0.5) is 5.69 Å². The zero-order valence-corrected chi connectivity index (χ0v) is 16.8. The number of hydrogen-bond acceptors (Lipinski definition) is 6. The summed E-state index contributed by atoms with van der Waals surface area (Å²) in [6.07, 6.45) is 3.19. The van der Waals surface area contributed by atoms with Gasteiger partial charge in [-0.3, -0.25) is 9.78 Å². The molecule has 1 N–H and O–H groups in total. The summed E-state index contributed by atoms with van der Waals surface area (Å²) < 4.78 is 5.86. The maximum atomic E-state index is 12.8. The molecule has 2 aromatic carbocycles. The number of ether oxygens (including phenoxy) is 1. The quantitative estimate of drug-likeness (QED) is 0.494. The van der Waals surface area contributed by atoms with Gasteiger partial charge < -0.3 is 10.1 Å². The molecule has 0 spiro atoms. The van der Waals surface area contributed by atoms with Crippen LogP contribution in [-0.2, 0) is 11.3 Å². The molecule has 8 heteroatoms. The molecule has 0 atom stereocenters. The largest absolute Gasteiger partial charge is 0.465 e. The molecule has 150 valence electrons. The first-order valence-corrected chi connectivity index (χ1v) is 9.50. The average molecular weight is 421 g/mol. The van der Waals surface area contributed by atoms with Crippen molar-refractivity contribution in [3.63, 3.8) is 0 Å². The number of nitrogens with zero attached hydrogens (tertiary/aromatic N) is 3. The highest BCUT2D eigenvalue weighted by Gasteiger charge is 2.17. The topological polar surface area (TPSA) is 86.1 Å². The summed E-state index contributed by atoms with van der Waals surface area (Å²) >= 11 is 6.33. The second kappa shape index (κ2) is 8.34. The fraction of sp³-hybridized carbons (Fsp3) is 0.0909. The Bertz CT molecular complexity index is 1300. The summed E-state index contributed by atoms with van der Waals surface area (Å²) in [5.41, 5.74) is 2.19. The number of carbonyl (C=O) groups excluding carboxylic acids is 1. The van der Waals surface area contributed by atoms with Crippen LogP contribution in [0.3, 0.4) is 0 Å². The third-order valence-electron chi connectivity index (χ3n) is 4.64. The van der Waals surface area contributed by atoms with Crippen LogP contribution in [0.1, 0.15) is 15.9 Å². The number of benzene rings is 2. The fourth-order valence-electron chi connectivity index (χ4n) is 3.17. The Morgan fingerprint density at radius 2 is 1.93 bits per heavy atom. The number of aromatic nitrogens is 3. The van der Waals surface area contributed by atoms with E-state index in [0.717, 1.165) is 21.1 Å². The van der Waals surface area contributed by atoms with Crippen molar-refractivity contribution in [2.24, 2.45) is 0 Å². The molecule has 30 heavy (non-hydrogen) atoms. The number of methoxy groups -OCH3 is 1. The molecule has 0 amide bonds. The molecule has 0 aliphatic heterocycles. The maximum absolute atomic E-state index is 12.8. The van der Waals surface area contributed by atoms with Crippen LogP contribution in [0.25, 0.3) is 16.6 Å². The maximum Gasteiger partial charge on any atom is 0.340 e. The summed E-state index contributed by atoms with van der Waals surface area (Å²) in [6.45, 7) is 0.415. The number of anilines is 1. The Morgan fingerprint density at radius 3 is 2.77 bits per heavy atom. The molecule has 0 aliphatic rings. The van der Waals surface area contributed by atoms with E-state index in [2.05, 4.69) is 15.4 Å². The highest BCUT2D eigenvalue weighted by Crippen LogP contribution is 2.21. The van der Waals surface area contributed by atoms with Crippen molar-refractivity contribution in [3.8, 4) is 5.69 Å². The standard InChI is InChI=1S/C22H17ClN4O3/c1-30-22(29)16-9-2-3-10-18(16)27-21(28)19(23)17(13-26-27)25-12-15-7-4-6-14-8-5-11-24-20(14)15/h2-11,13,25H,12H2,1H3. The number of halogens is 1. The van der Waals surface area contributed by atoms with Gasteiger partial charge in [-0.2, -0.15) is 9.78 Å². The number of nitrogens with one attached hydrogen (secondary N) is 1. The van der Waals surface area contributed by atoms with E-state index in [1.807, 2.05) is 30.3 Å². The third kappa shape index (κ3) is 3.62. The first kappa shape index (κ1) is 19.6. The van der Waals surface area contributed by atoms with Gasteiger partial charge in [0.15, 0.2) is 0 Å². The van der Waals surface area contributed by atoms with Gasteiger partial charge in [0.25, 0.3) is 5.56 Å². The average Bonchev–Trinajstić information content (AvgIpc) is 2.79. The number of fused-ring (bicyclic) bond motifs is 1. The van der Waals surface area contributed by atoms with Gasteiger partial charge in [-0.05, 0) is 23.8 Å². The number of para-hydroxylation sites is 2. The zero-order valence-electron chi connectivity index (χ0n) is 16.0. The molecular formula is C22H17ClN4O3. The molecule has 0 fully saturated rings. The third-order valence-corrected chi connectivity index (χ3v) is 5.01. The Balaban J connectivity index is 1.66. The Kier molecular flexibility index (Phi) is 5.45. The van der Waals surface area contributed by atoms with E-state index >= 15 is 0 Å². The molecule has 0 saturated carbocycles. The van der Waals surface area contributed by atoms with Crippen LogP contribution in [0.15, 0.2) is 71.8 Å². The van der Waals surface area contributed by atoms with Gasteiger partial charge in [0.1, 0.15) is 5.02 Å². The van der Waals surface area contributed by atoms with Crippen LogP contribution >= 0.6 is 11.6 Å². The summed E-state index contributed by atoms with van der Waals surface area (Å²) in [5.74, 6) is -0.568. The van der Waals surface area contributed by atoms with E-state index < -0.39 is 11.5 Å². The summed E-state index contributed by atoms with van der Waals surface area (Å²) in [5, 5.41) is 8.34. The van der Waals surface area contributed by atoms with Gasteiger partial charge in [0, 0.05) is 18.1 Å². The van der Waals surface area contributed by atoms with Gasteiger partial charge in [0.2, 0.25) is 0 Å². The lowest BCUT2D eigenvalue weighted by molar-refractivity contribution is 0.0600. The van der Waals surface area contributed by atoms with E-state index in [9.17, 15) is 9.59 Å². The number of esters is 1. The monoisotopic (exact) mass is 420 g/mol. The number of hydrogen-bond donors (Lipinski definition) is 1. The first-order chi connectivity index (χ1) is 14.6. The van der Waals surface area contributed by atoms with Crippen molar-refractivity contribution in [1.82, 2.24) is 14.8 Å². The van der Waals surface area contributed by atoms with Gasteiger partial charge in [-0.25, -0.2) is 4.79 Å². The lowest BCUT2D eigenvalue weighted by Gasteiger charge is -2.13. The molecule has 0 unspecified atom stereocenters. The van der Waals surface area contributed by atoms with E-state index in [0.29, 0.717) is 17.9 Å². The SMILES string of the molecule is COC(=O)c1ccccc1-n1ncc(NCc2cccc3cccnc23)c(Cl)c1=O. The summed E-state index contributed by atoms with van der Waals surface area (Å²) in [4.78, 5) is 29.3. The van der Waals surface area contributed by atoms with Crippen molar-refractivity contribution in [2.75, 3.05) is 12.4 Å². The fourth-order valence-corrected chi connectivity index (χ4v) is 3.36. The lowest BCUT2D eigenvalue weighted by atomic mass is 10.1. The van der Waals surface area contributed by atoms with Gasteiger partial charge >= 0.3 is 5.97 Å². The Hall–Kier alpha value is -3.71. The van der Waals surface area contributed by atoms with Crippen molar-refractivity contribution < 1.29 is 9.53 Å². The molecule has 4 rings (SSSR count). The number of rotatable bonds is 5. The van der Waals surface area contributed by atoms with Crippen molar-refractivity contribution in [1.29, 1.82) is 0 Å². The van der Waals surface area contributed by atoms with E-state index in [-0.39, 0.29) is 10.6 Å². The van der Waals surface area contributed by atoms with Crippen LogP contribution in [-0.4, -0.2) is 27.8 Å². The van der Waals surface area contributed by atoms with Crippen molar-refractivity contribution >= 4 is 34.2 Å². The van der Waals surface area contributed by atoms with Gasteiger partial charge in [-0.15, -0.1) is 0 Å². The molecule has 2 heterocycles. The molecule has 0 saturated heterocycles. The number of pyridine rings is 1. The molecule has 2 aromatic heterocycles. The summed E-state index contributed by atoms with van der Waals surface area (Å²) in [7, 11) is 1.28. The lowest BCUT2D eigenvalue weighted by Crippen LogP contribution is -2.24. The first-order valence-electron chi connectivity index (χ1n) is 9.12. The number of carbonyl (C=O) groups is 1. The predicted octanol–water partition coefficient (Wildman–Crippen LogP) is 3.83. The highest BCUT2D eigenvalue weighted by atomic mass is 35.5. The van der Waals surface area contributed by atoms with Gasteiger partial charge in [0.05, 0.1) is 35.8 Å². The van der Waals surface area contributed by atoms with Gasteiger partial charge in [-0.1, -0.05) is 48.0 Å². The molecule has 7 nitrogen and oxygen atoms in total. The normalized spacial score (nSPS) is 10.7. The second-order valence-electron chi connectivity index (χ2n) is 6.44. The van der Waals surface area contributed by atoms with E-state index in [4.69, 9.17) is 16.3 Å². The Labute approximate surface area is 176 Å². The van der Waals surface area contributed by atoms with E-state index in [1.165, 1.54) is 13.3 Å². The van der Waals surface area contributed by atoms with E-state index in [1.54, 1.807) is 30.5 Å². The predicted molar refractivity (Wildman–Crippen MR) is 115 cm³/mol. The van der Waals surface area contributed by atoms with Crippen LogP contribution in [0.2, 0.25) is 5.02 Å². The smallest absolute Gasteiger partial charge is 0.340 e. The molecular weight excluding hydrogens is 404 g/mol. The molecule has 0 bridgehead atoms. The minimum Gasteiger partial charge on any atom is -0.465 e. The minimum atomic E-state index is -0.568. The minimum absolute atomic E-state index is 0.0298. The summed E-state index contributed by atoms with van der Waals surface area (Å²) in [6, 6.07) is 16.3. The van der Waals surface area contributed by atoms with Crippen molar-refractivity contribution in [3.05, 3.63) is 93.5 Å². The Morgan fingerprint density at radius 1 is 1.13 bits per heavy atom. The molecule has 4 aromatic rings.